The lowest BCUT2D eigenvalue weighted by Gasteiger charge is -2.13. The number of benzene rings is 1. The molecule has 0 bridgehead atoms. The Balaban J connectivity index is 1.92. The molecule has 1 aromatic carbocycles. The van der Waals surface area contributed by atoms with E-state index < -0.39 is 5.97 Å². The lowest BCUT2D eigenvalue weighted by molar-refractivity contribution is -0.137. The number of nitrogens with zero attached hydrogens (tertiary/aromatic N) is 2. The number of halogens is 1. The van der Waals surface area contributed by atoms with Crippen LogP contribution in [0, 0.1) is 5.82 Å². The van der Waals surface area contributed by atoms with Crippen molar-refractivity contribution in [1.82, 2.24) is 9.88 Å². The van der Waals surface area contributed by atoms with Gasteiger partial charge in [0.1, 0.15) is 12.1 Å². The molecule has 1 heterocycles. The summed E-state index contributed by atoms with van der Waals surface area (Å²) in [6, 6.07) is 6.07. The zero-order valence-corrected chi connectivity index (χ0v) is 11.8. The second-order valence-corrected chi connectivity index (χ2v) is 4.89. The van der Waals surface area contributed by atoms with E-state index in [1.807, 2.05) is 11.9 Å². The van der Waals surface area contributed by atoms with Crippen LogP contribution in [0.1, 0.15) is 18.5 Å². The molecule has 0 aliphatic carbocycles. The van der Waals surface area contributed by atoms with Gasteiger partial charge >= 0.3 is 5.97 Å². The van der Waals surface area contributed by atoms with Crippen molar-refractivity contribution in [2.45, 2.75) is 19.4 Å². The van der Waals surface area contributed by atoms with Crippen LogP contribution in [-0.2, 0) is 11.3 Å². The van der Waals surface area contributed by atoms with Crippen LogP contribution in [0.5, 0.6) is 0 Å². The Morgan fingerprint density at radius 1 is 1.48 bits per heavy atom. The van der Waals surface area contributed by atoms with E-state index in [4.69, 9.17) is 9.52 Å². The van der Waals surface area contributed by atoms with E-state index in [0.29, 0.717) is 31.0 Å². The first-order valence-corrected chi connectivity index (χ1v) is 6.65. The summed E-state index contributed by atoms with van der Waals surface area (Å²) >= 11 is 0. The normalized spacial score (nSPS) is 11.0. The maximum atomic E-state index is 13.1. The van der Waals surface area contributed by atoms with Gasteiger partial charge in [0.25, 0.3) is 0 Å². The molecule has 0 radical (unpaired) electrons. The zero-order chi connectivity index (χ0) is 15.2. The molecule has 112 valence electrons. The molecule has 2 aromatic rings. The minimum atomic E-state index is -0.793. The second kappa shape index (κ2) is 6.99. The van der Waals surface area contributed by atoms with Gasteiger partial charge in [-0.3, -0.25) is 4.79 Å². The third-order valence-electron chi connectivity index (χ3n) is 2.99. The van der Waals surface area contributed by atoms with Crippen molar-refractivity contribution in [3.63, 3.8) is 0 Å². The first-order chi connectivity index (χ1) is 10.0. The van der Waals surface area contributed by atoms with Crippen molar-refractivity contribution >= 4 is 5.97 Å². The molecular formula is C15H17FN2O3. The van der Waals surface area contributed by atoms with Crippen molar-refractivity contribution in [3.8, 4) is 11.5 Å². The Morgan fingerprint density at radius 2 is 2.29 bits per heavy atom. The predicted octanol–water partition coefficient (Wildman–Crippen LogP) is 2.78. The number of aliphatic carboxylic acids is 1. The van der Waals surface area contributed by atoms with E-state index in [0.717, 1.165) is 5.69 Å². The highest BCUT2D eigenvalue weighted by Gasteiger charge is 2.09. The van der Waals surface area contributed by atoms with Crippen LogP contribution >= 0.6 is 0 Å². The molecule has 2 rings (SSSR count). The van der Waals surface area contributed by atoms with Crippen molar-refractivity contribution in [2.75, 3.05) is 13.6 Å². The molecule has 0 saturated carbocycles. The van der Waals surface area contributed by atoms with Gasteiger partial charge < -0.3 is 14.4 Å². The molecular weight excluding hydrogens is 275 g/mol. The average Bonchev–Trinajstić information content (AvgIpc) is 2.86. The molecule has 0 fully saturated rings. The monoisotopic (exact) mass is 292 g/mol. The smallest absolute Gasteiger partial charge is 0.303 e. The highest BCUT2D eigenvalue weighted by atomic mass is 19.1. The molecule has 0 atom stereocenters. The number of carboxylic acid groups (broad SMARTS) is 1. The first kappa shape index (κ1) is 15.2. The molecule has 1 N–H and O–H groups in total. The standard InChI is InChI=1S/C15H17FN2O3/c1-18(7-3-6-14(19)20)9-13-10-21-15(17-13)11-4-2-5-12(16)8-11/h2,4-5,8,10H,3,6-7,9H2,1H3,(H,19,20). The van der Waals surface area contributed by atoms with Gasteiger partial charge in [-0.25, -0.2) is 9.37 Å². The zero-order valence-electron chi connectivity index (χ0n) is 11.8. The van der Waals surface area contributed by atoms with Crippen molar-refractivity contribution in [1.29, 1.82) is 0 Å². The topological polar surface area (TPSA) is 66.6 Å². The van der Waals surface area contributed by atoms with Crippen LogP contribution in [0.25, 0.3) is 11.5 Å². The van der Waals surface area contributed by atoms with Crippen molar-refractivity contribution in [2.24, 2.45) is 0 Å². The Labute approximate surface area is 122 Å². The summed E-state index contributed by atoms with van der Waals surface area (Å²) in [4.78, 5) is 16.7. The van der Waals surface area contributed by atoms with E-state index in [1.54, 1.807) is 12.1 Å². The highest BCUT2D eigenvalue weighted by molar-refractivity contribution is 5.66. The van der Waals surface area contributed by atoms with E-state index in [1.165, 1.54) is 18.4 Å². The van der Waals surface area contributed by atoms with Gasteiger partial charge in [-0.2, -0.15) is 0 Å². The fraction of sp³-hybridized carbons (Fsp3) is 0.333. The Bertz CT molecular complexity index is 612. The van der Waals surface area contributed by atoms with Crippen LogP contribution in [0.2, 0.25) is 0 Å². The maximum Gasteiger partial charge on any atom is 0.303 e. The SMILES string of the molecule is CN(CCCC(=O)O)Cc1coc(-c2cccc(F)c2)n1. The van der Waals surface area contributed by atoms with E-state index in [2.05, 4.69) is 4.98 Å². The summed E-state index contributed by atoms with van der Waals surface area (Å²) in [7, 11) is 1.89. The van der Waals surface area contributed by atoms with E-state index in [9.17, 15) is 9.18 Å². The number of oxazole rings is 1. The molecule has 6 heteroatoms. The molecule has 0 aliphatic rings. The predicted molar refractivity (Wildman–Crippen MR) is 75.1 cm³/mol. The minimum Gasteiger partial charge on any atom is -0.481 e. The van der Waals surface area contributed by atoms with Crippen LogP contribution < -0.4 is 0 Å². The number of hydrogen-bond acceptors (Lipinski definition) is 4. The summed E-state index contributed by atoms with van der Waals surface area (Å²) in [6.45, 7) is 1.22. The summed E-state index contributed by atoms with van der Waals surface area (Å²) in [5, 5.41) is 8.59. The largest absolute Gasteiger partial charge is 0.481 e. The molecule has 0 aliphatic heterocycles. The molecule has 1 aromatic heterocycles. The van der Waals surface area contributed by atoms with Crippen LogP contribution in [-0.4, -0.2) is 34.6 Å². The number of rotatable bonds is 7. The fourth-order valence-corrected chi connectivity index (χ4v) is 1.99. The number of hydrogen-bond donors (Lipinski definition) is 1. The van der Waals surface area contributed by atoms with Gasteiger partial charge in [0.15, 0.2) is 0 Å². The molecule has 21 heavy (non-hydrogen) atoms. The number of aromatic nitrogens is 1. The molecule has 0 amide bonds. The van der Waals surface area contributed by atoms with Crippen molar-refractivity contribution in [3.05, 3.63) is 42.0 Å². The molecule has 5 nitrogen and oxygen atoms in total. The number of carbonyl (C=O) groups is 1. The van der Waals surface area contributed by atoms with Gasteiger partial charge in [0.2, 0.25) is 5.89 Å². The van der Waals surface area contributed by atoms with E-state index >= 15 is 0 Å². The Morgan fingerprint density at radius 3 is 3.00 bits per heavy atom. The Hall–Kier alpha value is -2.21. The summed E-state index contributed by atoms with van der Waals surface area (Å²) in [5.74, 6) is -0.750. The lowest BCUT2D eigenvalue weighted by Crippen LogP contribution is -2.20. The van der Waals surface area contributed by atoms with Crippen LogP contribution in [0.3, 0.4) is 0 Å². The lowest BCUT2D eigenvalue weighted by atomic mass is 10.2. The summed E-state index contributed by atoms with van der Waals surface area (Å²) < 4.78 is 18.5. The third kappa shape index (κ3) is 4.68. The quantitative estimate of drug-likeness (QED) is 0.850. The van der Waals surface area contributed by atoms with Gasteiger partial charge in [0, 0.05) is 18.5 Å². The average molecular weight is 292 g/mol. The fourth-order valence-electron chi connectivity index (χ4n) is 1.99. The van der Waals surface area contributed by atoms with Crippen molar-refractivity contribution < 1.29 is 18.7 Å². The van der Waals surface area contributed by atoms with E-state index in [-0.39, 0.29) is 12.2 Å². The maximum absolute atomic E-state index is 13.1. The number of carboxylic acids is 1. The molecule has 0 unspecified atom stereocenters. The summed E-state index contributed by atoms with van der Waals surface area (Å²) in [6.07, 6.45) is 2.27. The molecule has 0 spiro atoms. The third-order valence-corrected chi connectivity index (χ3v) is 2.99. The minimum absolute atomic E-state index is 0.150. The first-order valence-electron chi connectivity index (χ1n) is 6.65. The van der Waals surface area contributed by atoms with Gasteiger partial charge in [-0.05, 0) is 38.2 Å². The van der Waals surface area contributed by atoms with Crippen LogP contribution in [0.4, 0.5) is 4.39 Å². The molecule has 0 saturated heterocycles. The van der Waals surface area contributed by atoms with Gasteiger partial charge in [-0.1, -0.05) is 6.07 Å². The highest BCUT2D eigenvalue weighted by Crippen LogP contribution is 2.19. The van der Waals surface area contributed by atoms with Gasteiger partial charge in [0.05, 0.1) is 5.69 Å². The Kier molecular flexibility index (Phi) is 5.05. The second-order valence-electron chi connectivity index (χ2n) is 4.89. The van der Waals surface area contributed by atoms with Crippen LogP contribution in [0.15, 0.2) is 34.9 Å². The van der Waals surface area contributed by atoms with Gasteiger partial charge in [-0.15, -0.1) is 0 Å². The summed E-state index contributed by atoms with van der Waals surface area (Å²) in [5.41, 5.74) is 1.32.